The number of rotatable bonds is 10. The summed E-state index contributed by atoms with van der Waals surface area (Å²) in [5, 5.41) is 18.7. The van der Waals surface area contributed by atoms with Gasteiger partial charge in [0.1, 0.15) is 13.2 Å². The molecule has 0 saturated heterocycles. The van der Waals surface area contributed by atoms with Gasteiger partial charge < -0.3 is 19.3 Å². The number of ether oxygens (including phenoxy) is 3. The Morgan fingerprint density at radius 1 is 0.553 bits per heavy atom. The molecule has 234 valence electrons. The van der Waals surface area contributed by atoms with E-state index < -0.39 is 15.8 Å². The maximum absolute atomic E-state index is 11.6. The molecule has 0 aromatic heterocycles. The predicted molar refractivity (Wildman–Crippen MR) is 198 cm³/mol. The molecule has 4 nitrogen and oxygen atoms in total. The van der Waals surface area contributed by atoms with Crippen molar-refractivity contribution >= 4 is 47.7 Å². The van der Waals surface area contributed by atoms with Gasteiger partial charge in [-0.05, 0) is 78.4 Å². The van der Waals surface area contributed by atoms with Gasteiger partial charge in [0.25, 0.3) is 0 Å². The molecular formula is C41H36O4P2. The van der Waals surface area contributed by atoms with Crippen molar-refractivity contribution in [3.63, 3.8) is 0 Å². The van der Waals surface area contributed by atoms with Crippen molar-refractivity contribution in [2.24, 2.45) is 0 Å². The molecule has 0 fully saturated rings. The predicted octanol–water partition coefficient (Wildman–Crippen LogP) is 7.14. The van der Waals surface area contributed by atoms with E-state index in [0.717, 1.165) is 28.2 Å². The molecule has 7 rings (SSSR count). The monoisotopic (exact) mass is 654 g/mol. The summed E-state index contributed by atoms with van der Waals surface area (Å²) < 4.78 is 19.4. The maximum Gasteiger partial charge on any atom is 0.169 e. The second-order valence-corrected chi connectivity index (χ2v) is 15.5. The van der Waals surface area contributed by atoms with Crippen LogP contribution in [0.1, 0.15) is 13.3 Å². The Bertz CT molecular complexity index is 1860. The minimum absolute atomic E-state index is 0.109. The lowest BCUT2D eigenvalue weighted by Gasteiger charge is -2.31. The third-order valence-electron chi connectivity index (χ3n) is 8.04. The second kappa shape index (κ2) is 14.4. The number of phenolic OH excluding ortho intramolecular Hbond substituents is 1. The summed E-state index contributed by atoms with van der Waals surface area (Å²) in [4.78, 5) is 0. The Morgan fingerprint density at radius 3 is 1.49 bits per heavy atom. The van der Waals surface area contributed by atoms with E-state index in [0.29, 0.717) is 37.1 Å². The first-order chi connectivity index (χ1) is 23.2. The lowest BCUT2D eigenvalue weighted by Crippen LogP contribution is -2.28. The lowest BCUT2D eigenvalue weighted by atomic mass is 10.0. The van der Waals surface area contributed by atoms with Crippen LogP contribution in [-0.4, -0.2) is 24.9 Å². The maximum atomic E-state index is 11.6. The largest absolute Gasteiger partial charge is 0.504 e. The smallest absolute Gasteiger partial charge is 0.169 e. The Labute approximate surface area is 279 Å². The highest BCUT2D eigenvalue weighted by Crippen LogP contribution is 2.52. The molecule has 0 aliphatic carbocycles. The average molecular weight is 655 g/mol. The summed E-state index contributed by atoms with van der Waals surface area (Å²) in [7, 11) is -2.11. The Morgan fingerprint density at radius 2 is 1.00 bits per heavy atom. The quantitative estimate of drug-likeness (QED) is 0.160. The molecule has 0 saturated carbocycles. The molecule has 0 atom stereocenters. The van der Waals surface area contributed by atoms with Crippen LogP contribution in [0.2, 0.25) is 0 Å². The third kappa shape index (κ3) is 6.37. The van der Waals surface area contributed by atoms with Gasteiger partial charge in [0.2, 0.25) is 0 Å². The average Bonchev–Trinajstić information content (AvgIpc) is 3.14. The second-order valence-electron chi connectivity index (χ2n) is 11.2. The van der Waals surface area contributed by atoms with Gasteiger partial charge >= 0.3 is 0 Å². The van der Waals surface area contributed by atoms with Gasteiger partial charge in [0.05, 0.1) is 6.61 Å². The molecule has 1 N–H and O–H groups in total. The third-order valence-corrected chi connectivity index (χ3v) is 13.0. The first-order valence-electron chi connectivity index (χ1n) is 16.0. The zero-order chi connectivity index (χ0) is 32.0. The molecule has 47 heavy (non-hydrogen) atoms. The highest BCUT2D eigenvalue weighted by molar-refractivity contribution is 7.80. The van der Waals surface area contributed by atoms with E-state index in [1.165, 1.54) is 21.2 Å². The molecule has 0 amide bonds. The van der Waals surface area contributed by atoms with Crippen LogP contribution < -0.4 is 46.0 Å². The Balaban J connectivity index is 1.60. The van der Waals surface area contributed by atoms with Crippen LogP contribution in [0.4, 0.5) is 0 Å². The SMILES string of the molecule is CCCOc1c(O)ccc(P(c2ccccc2)c2ccccc2)c1-c1c(P(c2ccccc2)c2ccccc2)ccc2c1OCCO2. The van der Waals surface area contributed by atoms with Crippen LogP contribution in [0.3, 0.4) is 0 Å². The summed E-state index contributed by atoms with van der Waals surface area (Å²) in [5.74, 6) is 1.98. The van der Waals surface area contributed by atoms with Crippen LogP contribution in [0.15, 0.2) is 146 Å². The number of aromatic hydroxyl groups is 1. The first-order valence-corrected chi connectivity index (χ1v) is 18.6. The minimum Gasteiger partial charge on any atom is -0.504 e. The molecular weight excluding hydrogens is 618 g/mol. The molecule has 0 bridgehead atoms. The topological polar surface area (TPSA) is 47.9 Å². The fourth-order valence-electron chi connectivity index (χ4n) is 6.04. The van der Waals surface area contributed by atoms with E-state index in [9.17, 15) is 5.11 Å². The van der Waals surface area contributed by atoms with Gasteiger partial charge in [-0.15, -0.1) is 0 Å². The summed E-state index contributed by atoms with van der Waals surface area (Å²) >= 11 is 0. The molecule has 6 aromatic carbocycles. The Hall–Kier alpha value is -4.62. The zero-order valence-corrected chi connectivity index (χ0v) is 28.0. The molecule has 1 aliphatic heterocycles. The number of fused-ring (bicyclic) bond motifs is 1. The summed E-state index contributed by atoms with van der Waals surface area (Å²) in [6.07, 6.45) is 0.801. The lowest BCUT2D eigenvalue weighted by molar-refractivity contribution is 0.172. The van der Waals surface area contributed by atoms with Gasteiger partial charge in [-0.2, -0.15) is 0 Å². The van der Waals surface area contributed by atoms with Crippen molar-refractivity contribution in [2.45, 2.75) is 13.3 Å². The highest BCUT2D eigenvalue weighted by Gasteiger charge is 2.33. The zero-order valence-electron chi connectivity index (χ0n) is 26.3. The van der Waals surface area contributed by atoms with Crippen LogP contribution in [-0.2, 0) is 0 Å². The molecule has 6 aromatic rings. The van der Waals surface area contributed by atoms with Gasteiger partial charge in [-0.3, -0.25) is 0 Å². The molecule has 6 heteroatoms. The fraction of sp³-hybridized carbons (Fsp3) is 0.122. The summed E-state index contributed by atoms with van der Waals surface area (Å²) in [5.41, 5.74) is 1.77. The molecule has 0 unspecified atom stereocenters. The van der Waals surface area contributed by atoms with Crippen molar-refractivity contribution in [1.29, 1.82) is 0 Å². The van der Waals surface area contributed by atoms with Crippen molar-refractivity contribution in [1.82, 2.24) is 0 Å². The standard InChI is InChI=1S/C41H36O4P2/c1-2-27-44-40-34(42)23-25-36(46(30-15-7-3-8-16-30)31-17-9-4-10-18-31)38(40)39-37(26-24-35-41(39)45-29-28-43-35)47(32-19-11-5-12-20-32)33-21-13-6-14-22-33/h3-26,42H,2,27-29H2,1H3. The van der Waals surface area contributed by atoms with E-state index in [2.05, 4.69) is 140 Å². The van der Waals surface area contributed by atoms with Crippen LogP contribution >= 0.6 is 15.8 Å². The number of phenols is 1. The van der Waals surface area contributed by atoms with E-state index in [4.69, 9.17) is 14.2 Å². The van der Waals surface area contributed by atoms with Gasteiger partial charge in [-0.1, -0.05) is 128 Å². The number of benzene rings is 6. The van der Waals surface area contributed by atoms with Gasteiger partial charge in [0.15, 0.2) is 23.0 Å². The fourth-order valence-corrected chi connectivity index (χ4v) is 10.9. The minimum atomic E-state index is -1.07. The van der Waals surface area contributed by atoms with E-state index in [-0.39, 0.29) is 5.75 Å². The highest BCUT2D eigenvalue weighted by atomic mass is 31.1. The van der Waals surface area contributed by atoms with Crippen molar-refractivity contribution in [2.75, 3.05) is 19.8 Å². The van der Waals surface area contributed by atoms with E-state index >= 15 is 0 Å². The van der Waals surface area contributed by atoms with Crippen molar-refractivity contribution in [3.05, 3.63) is 146 Å². The molecule has 1 aliphatic rings. The van der Waals surface area contributed by atoms with Crippen LogP contribution in [0, 0.1) is 0 Å². The summed E-state index contributed by atoms with van der Waals surface area (Å²) in [6.45, 7) is 3.46. The van der Waals surface area contributed by atoms with Crippen molar-refractivity contribution < 1.29 is 19.3 Å². The van der Waals surface area contributed by atoms with E-state index in [1.807, 2.05) is 6.07 Å². The summed E-state index contributed by atoms with van der Waals surface area (Å²) in [6, 6.07) is 50.7. The van der Waals surface area contributed by atoms with Gasteiger partial charge in [-0.25, -0.2) is 0 Å². The van der Waals surface area contributed by atoms with Crippen molar-refractivity contribution in [3.8, 4) is 34.1 Å². The molecule has 0 radical (unpaired) electrons. The molecule has 0 spiro atoms. The first kappa shape index (κ1) is 31.0. The normalized spacial score (nSPS) is 12.3. The number of hydrogen-bond acceptors (Lipinski definition) is 4. The van der Waals surface area contributed by atoms with E-state index in [1.54, 1.807) is 6.07 Å². The molecule has 1 heterocycles. The number of hydrogen-bond donors (Lipinski definition) is 1. The Kier molecular flexibility index (Phi) is 9.52. The van der Waals surface area contributed by atoms with Gasteiger partial charge in [0, 0.05) is 11.1 Å². The van der Waals surface area contributed by atoms with Crippen LogP contribution in [0.25, 0.3) is 11.1 Å². The van der Waals surface area contributed by atoms with Crippen LogP contribution in [0.5, 0.6) is 23.0 Å².